The maximum Gasteiger partial charge on any atom is 0.365 e. The molecule has 0 saturated carbocycles. The van der Waals surface area contributed by atoms with Gasteiger partial charge in [-0.3, -0.25) is 0 Å². The summed E-state index contributed by atoms with van der Waals surface area (Å²) in [7, 11) is 1.56. The smallest absolute Gasteiger partial charge is 0.365 e. The summed E-state index contributed by atoms with van der Waals surface area (Å²) >= 11 is 0. The number of oxime groups is 1. The quantitative estimate of drug-likeness (QED) is 0.405. The van der Waals surface area contributed by atoms with E-state index in [-0.39, 0.29) is 5.84 Å². The molecule has 5 nitrogen and oxygen atoms in total. The molecule has 2 aromatic rings. The van der Waals surface area contributed by atoms with Gasteiger partial charge < -0.3 is 15.3 Å². The highest BCUT2D eigenvalue weighted by Gasteiger charge is 2.08. The molecule has 0 aromatic heterocycles. The second-order valence-corrected chi connectivity index (χ2v) is 4.45. The van der Waals surface area contributed by atoms with Crippen LogP contribution in [0.15, 0.2) is 53.7 Å². The standard InChI is InChI=1S/C16H16N2O3/c1-11-4-3-5-13(10-11)15(17)18-21-16(19)12-6-8-14(20-2)9-7-12/h3-10H,1-2H3,(H2,17,18). The molecule has 0 spiro atoms. The average molecular weight is 284 g/mol. The number of amidine groups is 1. The molecule has 0 atom stereocenters. The van der Waals surface area contributed by atoms with Crippen LogP contribution in [0.25, 0.3) is 0 Å². The molecule has 0 bridgehead atoms. The monoisotopic (exact) mass is 284 g/mol. The highest BCUT2D eigenvalue weighted by Crippen LogP contribution is 2.12. The lowest BCUT2D eigenvalue weighted by molar-refractivity contribution is 0.0516. The van der Waals surface area contributed by atoms with E-state index in [9.17, 15) is 4.79 Å². The number of methoxy groups -OCH3 is 1. The van der Waals surface area contributed by atoms with Crippen LogP contribution in [-0.4, -0.2) is 18.9 Å². The van der Waals surface area contributed by atoms with Crippen LogP contribution in [0.3, 0.4) is 0 Å². The van der Waals surface area contributed by atoms with Gasteiger partial charge in [0.25, 0.3) is 0 Å². The van der Waals surface area contributed by atoms with Gasteiger partial charge >= 0.3 is 5.97 Å². The zero-order valence-electron chi connectivity index (χ0n) is 11.9. The summed E-state index contributed by atoms with van der Waals surface area (Å²) in [6, 6.07) is 14.0. The van der Waals surface area contributed by atoms with Crippen molar-refractivity contribution < 1.29 is 14.4 Å². The molecule has 0 aliphatic rings. The molecule has 0 fully saturated rings. The van der Waals surface area contributed by atoms with Gasteiger partial charge in [0.05, 0.1) is 12.7 Å². The van der Waals surface area contributed by atoms with Crippen molar-refractivity contribution in [2.45, 2.75) is 6.92 Å². The molecule has 0 saturated heterocycles. The molecule has 108 valence electrons. The largest absolute Gasteiger partial charge is 0.497 e. The second-order valence-electron chi connectivity index (χ2n) is 4.45. The maximum absolute atomic E-state index is 11.8. The number of carbonyl (C=O) groups excluding carboxylic acids is 1. The topological polar surface area (TPSA) is 73.9 Å². The number of hydrogen-bond acceptors (Lipinski definition) is 4. The Bertz CT molecular complexity index is 663. The molecule has 2 N–H and O–H groups in total. The van der Waals surface area contributed by atoms with Crippen LogP contribution in [0.2, 0.25) is 0 Å². The third-order valence-electron chi connectivity index (χ3n) is 2.87. The van der Waals surface area contributed by atoms with Gasteiger partial charge in [-0.15, -0.1) is 0 Å². The first-order valence-electron chi connectivity index (χ1n) is 6.36. The van der Waals surface area contributed by atoms with Crippen LogP contribution in [0.1, 0.15) is 21.5 Å². The summed E-state index contributed by atoms with van der Waals surface area (Å²) in [6.07, 6.45) is 0. The fourth-order valence-corrected chi connectivity index (χ4v) is 1.73. The summed E-state index contributed by atoms with van der Waals surface area (Å²) < 4.78 is 5.02. The van der Waals surface area contributed by atoms with Crippen LogP contribution in [-0.2, 0) is 4.84 Å². The predicted molar refractivity (Wildman–Crippen MR) is 80.3 cm³/mol. The molecule has 5 heteroatoms. The van der Waals surface area contributed by atoms with Crippen molar-refractivity contribution in [3.05, 3.63) is 65.2 Å². The average Bonchev–Trinajstić information content (AvgIpc) is 2.52. The number of nitrogens with zero attached hydrogens (tertiary/aromatic N) is 1. The summed E-state index contributed by atoms with van der Waals surface area (Å²) in [5, 5.41) is 3.67. The Morgan fingerprint density at radius 2 is 1.81 bits per heavy atom. The summed E-state index contributed by atoms with van der Waals surface area (Å²) in [4.78, 5) is 16.7. The minimum absolute atomic E-state index is 0.153. The molecule has 0 radical (unpaired) electrons. The lowest BCUT2D eigenvalue weighted by atomic mass is 10.1. The van der Waals surface area contributed by atoms with Crippen LogP contribution < -0.4 is 10.5 Å². The molecule has 2 aromatic carbocycles. The van der Waals surface area contributed by atoms with E-state index in [0.717, 1.165) is 5.56 Å². The van der Waals surface area contributed by atoms with Crippen LogP contribution in [0.5, 0.6) is 5.75 Å². The Kier molecular flexibility index (Phi) is 4.56. The van der Waals surface area contributed by atoms with E-state index in [1.165, 1.54) is 0 Å². The van der Waals surface area contributed by atoms with Crippen molar-refractivity contribution >= 4 is 11.8 Å². The van der Waals surface area contributed by atoms with Crippen LogP contribution in [0.4, 0.5) is 0 Å². The molecule has 0 aliphatic carbocycles. The number of carbonyl (C=O) groups is 1. The first-order chi connectivity index (χ1) is 10.1. The van der Waals surface area contributed by atoms with Crippen molar-refractivity contribution in [1.29, 1.82) is 0 Å². The lowest BCUT2D eigenvalue weighted by Gasteiger charge is -2.03. The van der Waals surface area contributed by atoms with Crippen LogP contribution >= 0.6 is 0 Å². The van der Waals surface area contributed by atoms with Crippen molar-refractivity contribution in [3.63, 3.8) is 0 Å². The Labute approximate surface area is 123 Å². The normalized spacial score (nSPS) is 11.0. The van der Waals surface area contributed by atoms with E-state index in [4.69, 9.17) is 15.3 Å². The number of aryl methyl sites for hydroxylation is 1. The minimum Gasteiger partial charge on any atom is -0.497 e. The van der Waals surface area contributed by atoms with Gasteiger partial charge in [0.2, 0.25) is 0 Å². The molecule has 0 aliphatic heterocycles. The summed E-state index contributed by atoms with van der Waals surface area (Å²) in [5.74, 6) is 0.239. The third kappa shape index (κ3) is 3.82. The minimum atomic E-state index is -0.576. The van der Waals surface area contributed by atoms with E-state index in [0.29, 0.717) is 16.9 Å². The summed E-state index contributed by atoms with van der Waals surface area (Å²) in [6.45, 7) is 1.94. The van der Waals surface area contributed by atoms with E-state index in [2.05, 4.69) is 5.16 Å². The van der Waals surface area contributed by atoms with E-state index < -0.39 is 5.97 Å². The number of nitrogens with two attached hydrogens (primary N) is 1. The third-order valence-corrected chi connectivity index (χ3v) is 2.87. The van der Waals surface area contributed by atoms with Gasteiger partial charge in [-0.25, -0.2) is 4.79 Å². The van der Waals surface area contributed by atoms with Crippen molar-refractivity contribution in [1.82, 2.24) is 0 Å². The van der Waals surface area contributed by atoms with Gasteiger partial charge in [-0.2, -0.15) is 0 Å². The van der Waals surface area contributed by atoms with Crippen molar-refractivity contribution in [3.8, 4) is 5.75 Å². The van der Waals surface area contributed by atoms with E-state index >= 15 is 0 Å². The van der Waals surface area contributed by atoms with Gasteiger partial charge in [-0.05, 0) is 37.3 Å². The molecule has 2 rings (SSSR count). The Balaban J connectivity index is 2.06. The molecular formula is C16H16N2O3. The lowest BCUT2D eigenvalue weighted by Crippen LogP contribution is -2.15. The molecular weight excluding hydrogens is 268 g/mol. The zero-order valence-corrected chi connectivity index (χ0v) is 11.9. The first-order valence-corrected chi connectivity index (χ1v) is 6.36. The predicted octanol–water partition coefficient (Wildman–Crippen LogP) is 2.48. The van der Waals surface area contributed by atoms with Crippen LogP contribution in [0, 0.1) is 6.92 Å². The Morgan fingerprint density at radius 1 is 1.10 bits per heavy atom. The molecule has 0 heterocycles. The SMILES string of the molecule is COc1ccc(C(=O)O/N=C(/N)c2cccc(C)c2)cc1. The highest BCUT2D eigenvalue weighted by molar-refractivity contribution is 5.98. The van der Waals surface area contributed by atoms with Gasteiger partial charge in [0.15, 0.2) is 5.84 Å². The van der Waals surface area contributed by atoms with Gasteiger partial charge in [0, 0.05) is 5.56 Å². The number of hydrogen-bond donors (Lipinski definition) is 1. The summed E-state index contributed by atoms with van der Waals surface area (Å²) in [5.41, 5.74) is 7.91. The Morgan fingerprint density at radius 3 is 2.43 bits per heavy atom. The maximum atomic E-state index is 11.8. The van der Waals surface area contributed by atoms with E-state index in [1.807, 2.05) is 25.1 Å². The van der Waals surface area contributed by atoms with Gasteiger partial charge in [-0.1, -0.05) is 28.9 Å². The zero-order chi connectivity index (χ0) is 15.2. The highest BCUT2D eigenvalue weighted by atomic mass is 16.7. The Hall–Kier alpha value is -2.82. The van der Waals surface area contributed by atoms with Crippen molar-refractivity contribution in [2.24, 2.45) is 10.9 Å². The fourth-order valence-electron chi connectivity index (χ4n) is 1.73. The number of ether oxygens (including phenoxy) is 1. The first kappa shape index (κ1) is 14.6. The second kappa shape index (κ2) is 6.56. The van der Waals surface area contributed by atoms with Crippen molar-refractivity contribution in [2.75, 3.05) is 7.11 Å². The number of benzene rings is 2. The fraction of sp³-hybridized carbons (Fsp3) is 0.125. The van der Waals surface area contributed by atoms with E-state index in [1.54, 1.807) is 37.4 Å². The number of rotatable bonds is 4. The molecule has 0 unspecified atom stereocenters. The molecule has 21 heavy (non-hydrogen) atoms. The van der Waals surface area contributed by atoms with Gasteiger partial charge in [0.1, 0.15) is 5.75 Å². The molecule has 0 amide bonds.